The molecule has 0 spiro atoms. The molecule has 0 saturated carbocycles. The van der Waals surface area contributed by atoms with E-state index in [9.17, 15) is 13.2 Å². The number of rotatable bonds is 3. The normalized spacial score (nSPS) is 16.8. The van der Waals surface area contributed by atoms with Crippen LogP contribution >= 0.6 is 11.3 Å². The monoisotopic (exact) mass is 378 g/mol. The van der Waals surface area contributed by atoms with Crippen molar-refractivity contribution >= 4 is 27.2 Å². The molecule has 0 radical (unpaired) electrons. The molecule has 0 fully saturated rings. The Labute approximate surface area is 152 Å². The second-order valence-corrected chi connectivity index (χ2v) is 9.89. The fraction of sp³-hybridized carbons (Fsp3) is 0.389. The molecular formula is C18H22N2O3S2. The topological polar surface area (TPSA) is 66.5 Å². The maximum absolute atomic E-state index is 12.6. The van der Waals surface area contributed by atoms with E-state index in [-0.39, 0.29) is 23.7 Å². The lowest BCUT2D eigenvalue weighted by Gasteiger charge is -2.27. The highest BCUT2D eigenvalue weighted by atomic mass is 32.2. The van der Waals surface area contributed by atoms with Crippen LogP contribution in [0.3, 0.4) is 0 Å². The van der Waals surface area contributed by atoms with Gasteiger partial charge in [-0.15, -0.1) is 11.3 Å². The molecule has 25 heavy (non-hydrogen) atoms. The summed E-state index contributed by atoms with van der Waals surface area (Å²) in [5, 5.41) is 4.99. The molecule has 1 aromatic heterocycles. The lowest BCUT2D eigenvalue weighted by Crippen LogP contribution is -2.45. The molecule has 1 aromatic carbocycles. The van der Waals surface area contributed by atoms with Crippen LogP contribution in [0, 0.1) is 0 Å². The third-order valence-corrected chi connectivity index (χ3v) is 7.48. The van der Waals surface area contributed by atoms with Gasteiger partial charge in [-0.1, -0.05) is 38.1 Å². The lowest BCUT2D eigenvalue weighted by atomic mass is 9.91. The third kappa shape index (κ3) is 3.88. The van der Waals surface area contributed by atoms with Crippen LogP contribution in [-0.2, 0) is 21.8 Å². The Bertz CT molecular complexity index is 858. The number of carbonyl (C=O) groups is 1. The number of urea groups is 1. The Hall–Kier alpha value is -1.86. The molecule has 1 aliphatic heterocycles. The predicted molar refractivity (Wildman–Crippen MR) is 99.6 cm³/mol. The van der Waals surface area contributed by atoms with E-state index in [0.29, 0.717) is 23.5 Å². The molecule has 134 valence electrons. The van der Waals surface area contributed by atoms with Gasteiger partial charge in [0, 0.05) is 29.9 Å². The first-order valence-electron chi connectivity index (χ1n) is 8.17. The summed E-state index contributed by atoms with van der Waals surface area (Å²) in [5.41, 5.74) is 0.507. The minimum absolute atomic E-state index is 0.0499. The molecule has 0 saturated heterocycles. The maximum Gasteiger partial charge on any atom is 0.317 e. The highest BCUT2D eigenvalue weighted by molar-refractivity contribution is 7.91. The first-order valence-corrected chi connectivity index (χ1v) is 10.7. The molecule has 0 bridgehead atoms. The van der Waals surface area contributed by atoms with Gasteiger partial charge in [-0.25, -0.2) is 13.2 Å². The van der Waals surface area contributed by atoms with Crippen molar-refractivity contribution in [1.82, 2.24) is 10.2 Å². The Morgan fingerprint density at radius 3 is 2.72 bits per heavy atom. The number of fused-ring (bicyclic) bond motifs is 1. The van der Waals surface area contributed by atoms with Gasteiger partial charge in [0.2, 0.25) is 0 Å². The van der Waals surface area contributed by atoms with E-state index in [1.807, 2.05) is 11.4 Å². The van der Waals surface area contributed by atoms with Crippen LogP contribution in [0.1, 0.15) is 24.3 Å². The molecule has 1 N–H and O–H groups in total. The zero-order valence-corrected chi connectivity index (χ0v) is 16.0. The van der Waals surface area contributed by atoms with Crippen LogP contribution in [0.15, 0.2) is 46.7 Å². The van der Waals surface area contributed by atoms with Crippen molar-refractivity contribution in [1.29, 1.82) is 0 Å². The summed E-state index contributed by atoms with van der Waals surface area (Å²) in [4.78, 5) is 15.7. The van der Waals surface area contributed by atoms with E-state index in [1.54, 1.807) is 40.5 Å². The summed E-state index contributed by atoms with van der Waals surface area (Å²) in [6, 6.07) is 10.7. The number of carbonyl (C=O) groups excluding carboxylic acids is 1. The highest BCUT2D eigenvalue weighted by Gasteiger charge is 2.29. The SMILES string of the molecule is CC(C)(CNC(=O)N1CCS(=O)(=O)c2ccccc2C1)c1cccs1. The minimum Gasteiger partial charge on any atom is -0.337 e. The van der Waals surface area contributed by atoms with Crippen molar-refractivity contribution in [2.45, 2.75) is 30.7 Å². The van der Waals surface area contributed by atoms with Crippen LogP contribution in [0.4, 0.5) is 4.79 Å². The van der Waals surface area contributed by atoms with E-state index in [2.05, 4.69) is 25.2 Å². The molecule has 7 heteroatoms. The maximum atomic E-state index is 12.6. The standard InChI is InChI=1S/C18H22N2O3S2/c1-18(2,16-8-5-10-24-16)13-19-17(21)20-9-11-25(22,23)15-7-4-3-6-14(15)12-20/h3-8,10H,9,11-13H2,1-2H3,(H,19,21). The van der Waals surface area contributed by atoms with Gasteiger partial charge in [0.25, 0.3) is 0 Å². The van der Waals surface area contributed by atoms with Crippen LogP contribution in [0.25, 0.3) is 0 Å². The number of hydrogen-bond acceptors (Lipinski definition) is 4. The molecule has 1 aliphatic rings. The molecule has 0 aliphatic carbocycles. The van der Waals surface area contributed by atoms with Crippen molar-refractivity contribution in [3.05, 3.63) is 52.2 Å². The van der Waals surface area contributed by atoms with Crippen molar-refractivity contribution in [2.75, 3.05) is 18.8 Å². The molecule has 2 aromatic rings. The molecule has 0 atom stereocenters. The summed E-state index contributed by atoms with van der Waals surface area (Å²) >= 11 is 1.67. The van der Waals surface area contributed by atoms with Crippen LogP contribution in [0.5, 0.6) is 0 Å². The highest BCUT2D eigenvalue weighted by Crippen LogP contribution is 2.27. The molecule has 2 heterocycles. The molecule has 0 unspecified atom stereocenters. The third-order valence-electron chi connectivity index (χ3n) is 4.46. The lowest BCUT2D eigenvalue weighted by molar-refractivity contribution is 0.196. The summed E-state index contributed by atoms with van der Waals surface area (Å²) in [6.45, 7) is 5.17. The first kappa shape index (κ1) is 17.9. The Morgan fingerprint density at radius 2 is 2.00 bits per heavy atom. The van der Waals surface area contributed by atoms with Crippen LogP contribution < -0.4 is 5.32 Å². The summed E-state index contributed by atoms with van der Waals surface area (Å²) in [6.07, 6.45) is 0. The number of nitrogens with one attached hydrogen (secondary N) is 1. The number of sulfone groups is 1. The van der Waals surface area contributed by atoms with Crippen molar-refractivity contribution < 1.29 is 13.2 Å². The van der Waals surface area contributed by atoms with Gasteiger partial charge in [-0.2, -0.15) is 0 Å². The molecule has 3 rings (SSSR count). The summed E-state index contributed by atoms with van der Waals surface area (Å²) in [5.74, 6) is -0.0499. The van der Waals surface area contributed by atoms with Crippen LogP contribution in [-0.4, -0.2) is 38.2 Å². The van der Waals surface area contributed by atoms with Crippen LogP contribution in [0.2, 0.25) is 0 Å². The van der Waals surface area contributed by atoms with E-state index in [4.69, 9.17) is 0 Å². The largest absolute Gasteiger partial charge is 0.337 e. The summed E-state index contributed by atoms with van der Waals surface area (Å²) < 4.78 is 24.8. The number of benzene rings is 1. The smallest absolute Gasteiger partial charge is 0.317 e. The Morgan fingerprint density at radius 1 is 1.24 bits per heavy atom. The van der Waals surface area contributed by atoms with Gasteiger partial charge in [-0.3, -0.25) is 0 Å². The van der Waals surface area contributed by atoms with Gasteiger partial charge >= 0.3 is 6.03 Å². The Balaban J connectivity index is 1.71. The molecular weight excluding hydrogens is 356 g/mol. The van der Waals surface area contributed by atoms with Gasteiger partial charge in [0.15, 0.2) is 9.84 Å². The minimum atomic E-state index is -3.34. The number of hydrogen-bond donors (Lipinski definition) is 1. The van der Waals surface area contributed by atoms with E-state index in [0.717, 1.165) is 0 Å². The average molecular weight is 379 g/mol. The zero-order chi connectivity index (χ0) is 18.1. The zero-order valence-electron chi connectivity index (χ0n) is 14.4. The second kappa shape index (κ2) is 6.80. The average Bonchev–Trinajstić information content (AvgIpc) is 3.08. The number of nitrogens with zero attached hydrogens (tertiary/aromatic N) is 1. The Kier molecular flexibility index (Phi) is 4.88. The van der Waals surface area contributed by atoms with E-state index in [1.165, 1.54) is 4.88 Å². The predicted octanol–water partition coefficient (Wildman–Crippen LogP) is 3.02. The quantitative estimate of drug-likeness (QED) is 0.893. The van der Waals surface area contributed by atoms with Crippen molar-refractivity contribution in [2.24, 2.45) is 0 Å². The second-order valence-electron chi connectivity index (χ2n) is 6.87. The summed E-state index contributed by atoms with van der Waals surface area (Å²) in [7, 11) is -3.34. The van der Waals surface area contributed by atoms with Gasteiger partial charge in [0.05, 0.1) is 10.6 Å². The van der Waals surface area contributed by atoms with Crippen molar-refractivity contribution in [3.8, 4) is 0 Å². The first-order chi connectivity index (χ1) is 11.8. The van der Waals surface area contributed by atoms with Gasteiger partial charge in [-0.05, 0) is 23.1 Å². The van der Waals surface area contributed by atoms with Gasteiger partial charge < -0.3 is 10.2 Å². The number of thiophene rings is 1. The van der Waals surface area contributed by atoms with Crippen molar-refractivity contribution in [3.63, 3.8) is 0 Å². The van der Waals surface area contributed by atoms with E-state index >= 15 is 0 Å². The molecule has 5 nitrogen and oxygen atoms in total. The number of amides is 2. The van der Waals surface area contributed by atoms with Gasteiger partial charge in [0.1, 0.15) is 0 Å². The molecule has 2 amide bonds. The fourth-order valence-electron chi connectivity index (χ4n) is 2.90. The fourth-order valence-corrected chi connectivity index (χ4v) is 5.25. The van der Waals surface area contributed by atoms with E-state index < -0.39 is 9.84 Å².